The van der Waals surface area contributed by atoms with E-state index in [1.165, 1.54) is 32.4 Å². The van der Waals surface area contributed by atoms with Gasteiger partial charge < -0.3 is 31.5 Å². The summed E-state index contributed by atoms with van der Waals surface area (Å²) in [6.45, 7) is 3.25. The quantitative estimate of drug-likeness (QED) is 0.267. The maximum Gasteiger partial charge on any atom is 0.348 e. The van der Waals surface area contributed by atoms with Gasteiger partial charge in [-0.15, -0.1) is 11.3 Å². The molecule has 0 amide bonds. The van der Waals surface area contributed by atoms with E-state index in [0.29, 0.717) is 36.2 Å². The highest BCUT2D eigenvalue weighted by Gasteiger charge is 2.53. The van der Waals surface area contributed by atoms with E-state index < -0.39 is 11.6 Å². The van der Waals surface area contributed by atoms with Crippen LogP contribution in [-0.2, 0) is 37.6 Å². The number of fused-ring (bicyclic) bond motifs is 2. The van der Waals surface area contributed by atoms with Gasteiger partial charge in [-0.05, 0) is 65.6 Å². The van der Waals surface area contributed by atoms with Gasteiger partial charge in [-0.3, -0.25) is 4.79 Å². The van der Waals surface area contributed by atoms with Crippen molar-refractivity contribution in [1.29, 1.82) is 0 Å². The van der Waals surface area contributed by atoms with Gasteiger partial charge in [0, 0.05) is 48.1 Å². The fourth-order valence-electron chi connectivity index (χ4n) is 6.24. The Morgan fingerprint density at radius 2 is 1.64 bits per heavy atom. The zero-order valence-electron chi connectivity index (χ0n) is 22.3. The molecule has 2 bridgehead atoms. The van der Waals surface area contributed by atoms with Gasteiger partial charge in [0.1, 0.15) is 12.6 Å². The molecule has 4 atom stereocenters. The molecule has 39 heavy (non-hydrogen) atoms. The molecule has 3 aromatic heterocycles. The second kappa shape index (κ2) is 12.8. The van der Waals surface area contributed by atoms with Crippen molar-refractivity contribution in [2.75, 3.05) is 13.7 Å². The van der Waals surface area contributed by atoms with Gasteiger partial charge in [0.15, 0.2) is 0 Å². The molecule has 2 saturated heterocycles. The number of thiophene rings is 3. The van der Waals surface area contributed by atoms with Crippen molar-refractivity contribution in [3.8, 4) is 0 Å². The Balaban J connectivity index is 0.00000353. The first kappa shape index (κ1) is 30.2. The average Bonchev–Trinajstić information content (AvgIpc) is 3.69. The third-order valence-electron chi connectivity index (χ3n) is 8.34. The predicted molar refractivity (Wildman–Crippen MR) is 151 cm³/mol. The summed E-state index contributed by atoms with van der Waals surface area (Å²) in [5.74, 6) is -0.688. The van der Waals surface area contributed by atoms with E-state index in [1.54, 1.807) is 12.1 Å². The van der Waals surface area contributed by atoms with Crippen LogP contribution in [0.4, 0.5) is 0 Å². The highest BCUT2D eigenvalue weighted by atomic mass is 35.5. The summed E-state index contributed by atoms with van der Waals surface area (Å²) in [5.41, 5.74) is -0.628. The van der Waals surface area contributed by atoms with Crippen molar-refractivity contribution < 1.29 is 41.1 Å². The fraction of sp³-hybridized carbons (Fsp3) is 0.517. The molecule has 2 aliphatic heterocycles. The predicted octanol–water partition coefficient (Wildman–Crippen LogP) is 2.88. The van der Waals surface area contributed by atoms with Crippen LogP contribution in [0, 0.1) is 0 Å². The number of hydrogen-bond donors (Lipinski definition) is 1. The number of aliphatic hydroxyl groups is 1. The lowest BCUT2D eigenvalue weighted by Crippen LogP contribution is -3.00. The Labute approximate surface area is 248 Å². The minimum absolute atomic E-state index is 0. The number of quaternary nitrogens is 1. The van der Waals surface area contributed by atoms with Crippen LogP contribution in [0.2, 0.25) is 0 Å². The van der Waals surface area contributed by atoms with E-state index in [2.05, 4.69) is 19.2 Å². The van der Waals surface area contributed by atoms with Gasteiger partial charge >= 0.3 is 11.9 Å². The van der Waals surface area contributed by atoms with Crippen molar-refractivity contribution in [2.45, 2.75) is 82.2 Å². The number of esters is 2. The minimum atomic E-state index is -1.77. The topological polar surface area (TPSA) is 72.8 Å². The summed E-state index contributed by atoms with van der Waals surface area (Å²) in [6.07, 6.45) is 5.89. The number of hydrogen-bond acceptors (Lipinski definition) is 8. The Morgan fingerprint density at radius 3 is 2.21 bits per heavy atom. The number of piperidine rings is 1. The molecular weight excluding hydrogens is 574 g/mol. The van der Waals surface area contributed by atoms with Crippen LogP contribution in [0.25, 0.3) is 0 Å². The third kappa shape index (κ3) is 6.29. The van der Waals surface area contributed by atoms with Crippen molar-refractivity contribution >= 4 is 45.9 Å². The van der Waals surface area contributed by atoms with E-state index in [-0.39, 0.29) is 24.5 Å². The number of carbonyl (C=O) groups is 2. The lowest BCUT2D eigenvalue weighted by molar-refractivity contribution is -0.961. The lowest BCUT2D eigenvalue weighted by Gasteiger charge is -2.47. The van der Waals surface area contributed by atoms with Gasteiger partial charge in [-0.25, -0.2) is 4.79 Å². The first-order chi connectivity index (χ1) is 18.3. The Morgan fingerprint density at radius 1 is 1.03 bits per heavy atom. The largest absolute Gasteiger partial charge is 1.00 e. The molecular formula is C29H36ClNO5S3. The zero-order valence-corrected chi connectivity index (χ0v) is 25.6. The summed E-state index contributed by atoms with van der Waals surface area (Å²) >= 11 is 4.77. The van der Waals surface area contributed by atoms with Crippen molar-refractivity contribution in [3.05, 3.63) is 66.7 Å². The van der Waals surface area contributed by atoms with E-state index in [0.717, 1.165) is 49.6 Å². The van der Waals surface area contributed by atoms with Crippen molar-refractivity contribution in [1.82, 2.24) is 0 Å². The molecule has 2 fully saturated rings. The normalized spacial score (nSPS) is 24.2. The van der Waals surface area contributed by atoms with Gasteiger partial charge in [-0.1, -0.05) is 0 Å². The van der Waals surface area contributed by atoms with Crippen LogP contribution in [0.5, 0.6) is 0 Å². The van der Waals surface area contributed by atoms with Gasteiger partial charge in [-0.2, -0.15) is 22.7 Å². The van der Waals surface area contributed by atoms with Crippen LogP contribution in [0.3, 0.4) is 0 Å². The van der Waals surface area contributed by atoms with Crippen LogP contribution in [0.1, 0.15) is 66.3 Å². The molecule has 1 N–H and O–H groups in total. The van der Waals surface area contributed by atoms with Crippen LogP contribution in [0.15, 0.2) is 45.8 Å². The molecule has 6 nitrogen and oxygen atoms in total. The summed E-state index contributed by atoms with van der Waals surface area (Å²) in [6, 6.07) is 8.89. The Hall–Kier alpha value is -1.75. The van der Waals surface area contributed by atoms with E-state index in [4.69, 9.17) is 9.47 Å². The summed E-state index contributed by atoms with van der Waals surface area (Å²) in [4.78, 5) is 27.8. The minimum Gasteiger partial charge on any atom is -1.00 e. The molecule has 3 aromatic rings. The fourth-order valence-corrected chi connectivity index (χ4v) is 8.84. The van der Waals surface area contributed by atoms with Gasteiger partial charge in [0.25, 0.3) is 0 Å². The summed E-state index contributed by atoms with van der Waals surface area (Å²) < 4.78 is 12.1. The number of ether oxygens (including phenoxy) is 2. The molecule has 2 aliphatic rings. The van der Waals surface area contributed by atoms with Crippen molar-refractivity contribution in [2.24, 2.45) is 0 Å². The third-order valence-corrected chi connectivity index (χ3v) is 10.8. The van der Waals surface area contributed by atoms with Gasteiger partial charge in [0.05, 0.1) is 30.6 Å². The summed E-state index contributed by atoms with van der Waals surface area (Å²) in [5, 5.41) is 19.0. The van der Waals surface area contributed by atoms with E-state index in [9.17, 15) is 14.7 Å². The first-order valence-electron chi connectivity index (χ1n) is 13.4. The number of nitrogens with zero attached hydrogens (tertiary/aromatic N) is 1. The molecule has 212 valence electrons. The number of aryl methyl sites for hydroxylation is 1. The average molecular weight is 610 g/mol. The SMILES string of the molecule is CCOC(=O)CCCc1ccc(C[N+]2(C)[C@@H]3CC[C@H]2C[C@H](OC(=O)C(O)(c2ccsc2)c2ccsc2)C3)s1.[Cl-]. The summed E-state index contributed by atoms with van der Waals surface area (Å²) in [7, 11) is 2.35. The highest BCUT2D eigenvalue weighted by Crippen LogP contribution is 2.45. The highest BCUT2D eigenvalue weighted by molar-refractivity contribution is 7.12. The molecule has 0 aromatic carbocycles. The lowest BCUT2D eigenvalue weighted by atomic mass is 9.89. The van der Waals surface area contributed by atoms with Crippen LogP contribution in [-0.4, -0.2) is 53.4 Å². The van der Waals surface area contributed by atoms with E-state index >= 15 is 0 Å². The smallest absolute Gasteiger partial charge is 0.348 e. The number of carbonyl (C=O) groups excluding carboxylic acids is 2. The molecule has 10 heteroatoms. The second-order valence-electron chi connectivity index (χ2n) is 10.6. The Bertz CT molecular complexity index is 1180. The van der Waals surface area contributed by atoms with Crippen LogP contribution >= 0.6 is 34.0 Å². The maximum absolute atomic E-state index is 13.5. The Kier molecular flexibility index (Phi) is 9.94. The number of rotatable bonds is 11. The van der Waals surface area contributed by atoms with Crippen LogP contribution < -0.4 is 12.4 Å². The first-order valence-corrected chi connectivity index (χ1v) is 16.1. The molecule has 0 spiro atoms. The second-order valence-corrected chi connectivity index (χ2v) is 13.5. The maximum atomic E-state index is 13.5. The van der Waals surface area contributed by atoms with E-state index in [1.807, 2.05) is 39.8 Å². The molecule has 0 radical (unpaired) electrons. The molecule has 0 saturated carbocycles. The number of halogens is 1. The zero-order chi connectivity index (χ0) is 26.8. The molecule has 5 rings (SSSR count). The molecule has 0 aliphatic carbocycles. The molecule has 1 unspecified atom stereocenters. The van der Waals surface area contributed by atoms with Gasteiger partial charge in [0.2, 0.25) is 5.60 Å². The standard InChI is InChI=1S/C29H36NO5S3.ClH/c1-3-34-27(31)6-4-5-25-9-10-26(38-25)17-30(2)22-7-8-23(30)16-24(15-22)35-28(32)29(33,20-11-13-36-18-20)21-12-14-37-19-21;/h9-14,18-19,22-24,33H,3-8,15-17H2,1-2H3;1H/q+1;/p-1/t22-,23+,24-,30?;. The van der Waals surface area contributed by atoms with Crippen molar-refractivity contribution in [3.63, 3.8) is 0 Å². The monoisotopic (exact) mass is 609 g/mol. The molecule has 5 heterocycles.